The zero-order valence-corrected chi connectivity index (χ0v) is 18.1. The number of hydrogen-bond acceptors (Lipinski definition) is 3. The molecule has 0 radical (unpaired) electrons. The van der Waals surface area contributed by atoms with E-state index < -0.39 is 0 Å². The lowest BCUT2D eigenvalue weighted by Gasteiger charge is -2.12. The lowest BCUT2D eigenvalue weighted by Crippen LogP contribution is -2.33. The molecule has 142 valence electrons. The Kier molecular flexibility index (Phi) is 9.87. The Balaban J connectivity index is 0.00000338. The van der Waals surface area contributed by atoms with Crippen LogP contribution in [0.4, 0.5) is 5.69 Å². The Morgan fingerprint density at radius 1 is 1.00 bits per heavy atom. The van der Waals surface area contributed by atoms with Crippen molar-refractivity contribution in [2.45, 2.75) is 12.8 Å². The molecule has 0 amide bonds. The third-order valence-electron chi connectivity index (χ3n) is 4.01. The number of hydrogen-bond donors (Lipinski definition) is 2. The minimum Gasteiger partial charge on any atom is -0.497 e. The molecule has 26 heavy (non-hydrogen) atoms. The zero-order chi connectivity index (χ0) is 18.1. The van der Waals surface area contributed by atoms with Crippen LogP contribution in [-0.4, -0.2) is 40.3 Å². The van der Waals surface area contributed by atoms with Gasteiger partial charge in [0.05, 0.1) is 7.11 Å². The molecule has 2 rings (SSSR count). The van der Waals surface area contributed by atoms with E-state index in [0.717, 1.165) is 25.1 Å². The maximum Gasteiger partial charge on any atom is 0.188 e. The van der Waals surface area contributed by atoms with Gasteiger partial charge < -0.3 is 20.7 Å². The molecule has 2 aromatic rings. The smallest absolute Gasteiger partial charge is 0.188 e. The topological polar surface area (TPSA) is 62.9 Å². The minimum absolute atomic E-state index is 0. The van der Waals surface area contributed by atoms with Crippen LogP contribution in [0.5, 0.6) is 5.75 Å². The number of nitrogens with one attached hydrogen (secondary N) is 1. The highest BCUT2D eigenvalue weighted by Crippen LogP contribution is 2.13. The van der Waals surface area contributed by atoms with E-state index in [2.05, 4.69) is 51.6 Å². The van der Waals surface area contributed by atoms with Crippen LogP contribution in [0, 0.1) is 0 Å². The van der Waals surface area contributed by atoms with Crippen LogP contribution < -0.4 is 20.7 Å². The number of guanidine groups is 1. The summed E-state index contributed by atoms with van der Waals surface area (Å²) >= 11 is 0. The van der Waals surface area contributed by atoms with Crippen molar-refractivity contribution in [3.8, 4) is 5.75 Å². The molecular formula is C20H29IN4O. The van der Waals surface area contributed by atoms with E-state index in [1.165, 1.54) is 16.8 Å². The van der Waals surface area contributed by atoms with Gasteiger partial charge in [0.1, 0.15) is 5.75 Å². The van der Waals surface area contributed by atoms with Crippen LogP contribution in [0.3, 0.4) is 0 Å². The van der Waals surface area contributed by atoms with E-state index in [9.17, 15) is 0 Å². The fraction of sp³-hybridized carbons (Fsp3) is 0.350. The molecule has 6 heteroatoms. The molecule has 5 nitrogen and oxygen atoms in total. The van der Waals surface area contributed by atoms with Crippen molar-refractivity contribution in [2.75, 3.05) is 39.2 Å². The highest BCUT2D eigenvalue weighted by atomic mass is 127. The van der Waals surface area contributed by atoms with Gasteiger partial charge in [0.15, 0.2) is 5.96 Å². The van der Waals surface area contributed by atoms with Gasteiger partial charge in [-0.05, 0) is 48.2 Å². The summed E-state index contributed by atoms with van der Waals surface area (Å²) in [6.07, 6.45) is 1.78. The van der Waals surface area contributed by atoms with E-state index in [0.29, 0.717) is 12.5 Å². The third-order valence-corrected chi connectivity index (χ3v) is 4.01. The van der Waals surface area contributed by atoms with Gasteiger partial charge in [-0.15, -0.1) is 24.0 Å². The van der Waals surface area contributed by atoms with Crippen molar-refractivity contribution >= 4 is 35.6 Å². The maximum atomic E-state index is 5.92. The Hall–Kier alpha value is -1.96. The van der Waals surface area contributed by atoms with E-state index in [1.807, 2.05) is 26.2 Å². The fourth-order valence-corrected chi connectivity index (χ4v) is 2.45. The molecule has 0 saturated heterocycles. The van der Waals surface area contributed by atoms with Gasteiger partial charge in [0.25, 0.3) is 0 Å². The van der Waals surface area contributed by atoms with Crippen LogP contribution in [0.25, 0.3) is 0 Å². The molecule has 0 aliphatic heterocycles. The van der Waals surface area contributed by atoms with Crippen molar-refractivity contribution in [2.24, 2.45) is 10.7 Å². The average molecular weight is 468 g/mol. The van der Waals surface area contributed by atoms with Crippen molar-refractivity contribution in [3.05, 3.63) is 59.7 Å². The fourth-order valence-electron chi connectivity index (χ4n) is 2.45. The van der Waals surface area contributed by atoms with Crippen LogP contribution in [-0.2, 0) is 12.8 Å². The van der Waals surface area contributed by atoms with E-state index >= 15 is 0 Å². The van der Waals surface area contributed by atoms with E-state index in [-0.39, 0.29) is 24.0 Å². The Morgan fingerprint density at radius 3 is 2.15 bits per heavy atom. The number of methoxy groups -OCH3 is 1. The molecule has 0 heterocycles. The summed E-state index contributed by atoms with van der Waals surface area (Å²) in [5.74, 6) is 1.37. The summed E-state index contributed by atoms with van der Waals surface area (Å²) in [5, 5.41) is 3.16. The number of halogens is 1. The maximum absolute atomic E-state index is 5.92. The molecule has 0 spiro atoms. The first-order valence-electron chi connectivity index (χ1n) is 8.51. The minimum atomic E-state index is 0. The van der Waals surface area contributed by atoms with Crippen LogP contribution in [0.2, 0.25) is 0 Å². The summed E-state index contributed by atoms with van der Waals surface area (Å²) in [6, 6.07) is 16.6. The highest BCUT2D eigenvalue weighted by molar-refractivity contribution is 14.0. The number of aliphatic imine (C=N–C) groups is 1. The van der Waals surface area contributed by atoms with Gasteiger partial charge in [-0.25, -0.2) is 0 Å². The first-order valence-corrected chi connectivity index (χ1v) is 8.51. The number of ether oxygens (including phenoxy) is 1. The predicted molar refractivity (Wildman–Crippen MR) is 121 cm³/mol. The Morgan fingerprint density at radius 2 is 1.58 bits per heavy atom. The summed E-state index contributed by atoms with van der Waals surface area (Å²) in [6.45, 7) is 1.45. The van der Waals surface area contributed by atoms with Gasteiger partial charge in [-0.1, -0.05) is 24.3 Å². The SMILES string of the molecule is COc1ccc(CCNC(N)=NCCc2ccc(N(C)C)cc2)cc1.I. The van der Waals surface area contributed by atoms with Crippen molar-refractivity contribution in [3.63, 3.8) is 0 Å². The molecule has 0 saturated carbocycles. The second kappa shape index (κ2) is 11.6. The molecule has 2 aromatic carbocycles. The predicted octanol–water partition coefficient (Wildman–Crippen LogP) is 3.07. The van der Waals surface area contributed by atoms with Crippen LogP contribution >= 0.6 is 24.0 Å². The first-order chi connectivity index (χ1) is 12.1. The normalized spacial score (nSPS) is 10.8. The largest absolute Gasteiger partial charge is 0.497 e. The lowest BCUT2D eigenvalue weighted by molar-refractivity contribution is 0.414. The van der Waals surface area contributed by atoms with Gasteiger partial charge in [0.2, 0.25) is 0 Å². The van der Waals surface area contributed by atoms with Crippen LogP contribution in [0.15, 0.2) is 53.5 Å². The van der Waals surface area contributed by atoms with E-state index in [1.54, 1.807) is 7.11 Å². The number of nitrogens with two attached hydrogens (primary N) is 1. The average Bonchev–Trinajstić information content (AvgIpc) is 2.63. The second-order valence-electron chi connectivity index (χ2n) is 6.10. The summed E-state index contributed by atoms with van der Waals surface area (Å²) < 4.78 is 5.15. The zero-order valence-electron chi connectivity index (χ0n) is 15.7. The molecule has 0 aliphatic rings. The molecule has 0 aromatic heterocycles. The number of nitrogens with zero attached hydrogens (tertiary/aromatic N) is 2. The molecule has 0 aliphatic carbocycles. The summed E-state index contributed by atoms with van der Waals surface area (Å²) in [7, 11) is 5.75. The van der Waals surface area contributed by atoms with Gasteiger partial charge >= 0.3 is 0 Å². The third kappa shape index (κ3) is 7.51. The monoisotopic (exact) mass is 468 g/mol. The van der Waals surface area contributed by atoms with Gasteiger partial charge in [0, 0.05) is 32.9 Å². The summed E-state index contributed by atoms with van der Waals surface area (Å²) in [4.78, 5) is 6.48. The molecule has 0 atom stereocenters. The quantitative estimate of drug-likeness (QED) is 0.355. The molecule has 0 bridgehead atoms. The Labute approximate surface area is 173 Å². The van der Waals surface area contributed by atoms with Gasteiger partial charge in [-0.2, -0.15) is 0 Å². The molecular weight excluding hydrogens is 439 g/mol. The number of benzene rings is 2. The molecule has 0 unspecified atom stereocenters. The molecule has 0 fully saturated rings. The highest BCUT2D eigenvalue weighted by Gasteiger charge is 1.98. The van der Waals surface area contributed by atoms with Crippen molar-refractivity contribution < 1.29 is 4.74 Å². The Bertz CT molecular complexity index is 669. The van der Waals surface area contributed by atoms with Gasteiger partial charge in [-0.3, -0.25) is 4.99 Å². The summed E-state index contributed by atoms with van der Waals surface area (Å²) in [5.41, 5.74) is 9.63. The van der Waals surface area contributed by atoms with Crippen molar-refractivity contribution in [1.29, 1.82) is 0 Å². The van der Waals surface area contributed by atoms with Crippen LogP contribution in [0.1, 0.15) is 11.1 Å². The lowest BCUT2D eigenvalue weighted by atomic mass is 10.1. The number of rotatable bonds is 8. The molecule has 3 N–H and O–H groups in total. The second-order valence-corrected chi connectivity index (χ2v) is 6.10. The van der Waals surface area contributed by atoms with Crippen molar-refractivity contribution in [1.82, 2.24) is 5.32 Å². The number of anilines is 1. The standard InChI is InChI=1S/C20H28N4O.HI/c1-24(2)18-8-4-16(5-9-18)12-14-22-20(21)23-15-13-17-6-10-19(25-3)11-7-17;/h4-11H,12-15H2,1-3H3,(H3,21,22,23);1H. The first kappa shape index (κ1) is 22.1. The van der Waals surface area contributed by atoms with E-state index in [4.69, 9.17) is 10.5 Å².